The highest BCUT2D eigenvalue weighted by atomic mass is 32.2. The summed E-state index contributed by atoms with van der Waals surface area (Å²) in [6, 6.07) is 9.08. The minimum Gasteiger partial charge on any atom is -0.493 e. The van der Waals surface area contributed by atoms with Crippen LogP contribution in [0, 0.1) is 5.82 Å². The molecule has 30 heavy (non-hydrogen) atoms. The molecule has 0 N–H and O–H groups in total. The Kier molecular flexibility index (Phi) is 8.19. The fourth-order valence-corrected chi connectivity index (χ4v) is 3.70. The smallest absolute Gasteiger partial charge is 0.339 e. The highest BCUT2D eigenvalue weighted by Gasteiger charge is 2.22. The number of carbonyl (C=O) groups is 1. The monoisotopic (exact) mass is 439 g/mol. The molecule has 0 bridgehead atoms. The predicted octanol–water partition coefficient (Wildman–Crippen LogP) is 3.38. The molecular formula is C21H26FNO6S. The molecule has 0 aliphatic carbocycles. The van der Waals surface area contributed by atoms with Crippen molar-refractivity contribution in [2.75, 3.05) is 20.8 Å². The SMILES string of the molecule is CC[C@H](C)N(Cc1ccc(OC)c(OS(=O)(=O)c2ccc(F)cc2)c1)C(=O)COC. The van der Waals surface area contributed by atoms with Crippen LogP contribution in [-0.4, -0.2) is 46.1 Å². The van der Waals surface area contributed by atoms with E-state index in [0.29, 0.717) is 5.56 Å². The fraction of sp³-hybridized carbons (Fsp3) is 0.381. The van der Waals surface area contributed by atoms with Crippen LogP contribution in [0.2, 0.25) is 0 Å². The van der Waals surface area contributed by atoms with E-state index >= 15 is 0 Å². The van der Waals surface area contributed by atoms with Crippen molar-refractivity contribution in [1.82, 2.24) is 4.90 Å². The van der Waals surface area contributed by atoms with E-state index in [1.165, 1.54) is 20.3 Å². The molecule has 0 aromatic heterocycles. The number of methoxy groups -OCH3 is 2. The number of rotatable bonds is 10. The second-order valence-corrected chi connectivity index (χ2v) is 8.23. The lowest BCUT2D eigenvalue weighted by Gasteiger charge is -2.28. The molecule has 0 aliphatic heterocycles. The normalized spacial score (nSPS) is 12.3. The van der Waals surface area contributed by atoms with Crippen molar-refractivity contribution in [3.8, 4) is 11.5 Å². The van der Waals surface area contributed by atoms with E-state index in [0.717, 1.165) is 30.7 Å². The van der Waals surface area contributed by atoms with E-state index in [-0.39, 0.29) is 41.5 Å². The Labute approximate surface area is 176 Å². The second-order valence-electron chi connectivity index (χ2n) is 6.69. The van der Waals surface area contributed by atoms with Gasteiger partial charge in [-0.05, 0) is 55.3 Å². The molecule has 0 saturated carbocycles. The quantitative estimate of drug-likeness (QED) is 0.528. The zero-order chi connectivity index (χ0) is 22.3. The van der Waals surface area contributed by atoms with Gasteiger partial charge in [0.15, 0.2) is 11.5 Å². The number of halogens is 1. The molecule has 0 unspecified atom stereocenters. The first-order valence-corrected chi connectivity index (χ1v) is 10.8. The molecule has 7 nitrogen and oxygen atoms in total. The van der Waals surface area contributed by atoms with Gasteiger partial charge >= 0.3 is 10.1 Å². The van der Waals surface area contributed by atoms with Crippen LogP contribution in [0.5, 0.6) is 11.5 Å². The molecule has 2 rings (SSSR count). The maximum atomic E-state index is 13.1. The van der Waals surface area contributed by atoms with Gasteiger partial charge in [0.05, 0.1) is 7.11 Å². The maximum absolute atomic E-state index is 13.1. The summed E-state index contributed by atoms with van der Waals surface area (Å²) < 4.78 is 53.7. The number of nitrogens with zero attached hydrogens (tertiary/aromatic N) is 1. The highest BCUT2D eigenvalue weighted by molar-refractivity contribution is 7.87. The van der Waals surface area contributed by atoms with Crippen LogP contribution in [-0.2, 0) is 26.2 Å². The number of hydrogen-bond donors (Lipinski definition) is 0. The number of hydrogen-bond acceptors (Lipinski definition) is 6. The van der Waals surface area contributed by atoms with Gasteiger partial charge in [-0.25, -0.2) is 4.39 Å². The van der Waals surface area contributed by atoms with Crippen LogP contribution in [0.3, 0.4) is 0 Å². The summed E-state index contributed by atoms with van der Waals surface area (Å²) in [5, 5.41) is 0. The molecule has 2 aromatic carbocycles. The second kappa shape index (κ2) is 10.4. The predicted molar refractivity (Wildman–Crippen MR) is 109 cm³/mol. The lowest BCUT2D eigenvalue weighted by atomic mass is 10.1. The standard InChI is InChI=1S/C21H26FNO6S/c1-5-15(2)23(21(24)14-27-3)13-16-6-11-19(28-4)20(12-16)29-30(25,26)18-9-7-17(22)8-10-18/h6-12,15H,5,13-14H2,1-4H3/t15-/m0/s1. The molecule has 0 heterocycles. The van der Waals surface area contributed by atoms with Crippen LogP contribution in [0.15, 0.2) is 47.4 Å². The molecular weight excluding hydrogens is 413 g/mol. The summed E-state index contributed by atoms with van der Waals surface area (Å²) in [7, 11) is -1.36. The van der Waals surface area contributed by atoms with Gasteiger partial charge in [0, 0.05) is 19.7 Å². The first-order chi connectivity index (χ1) is 14.2. The Bertz CT molecular complexity index is 962. The average Bonchev–Trinajstić information content (AvgIpc) is 2.71. The van der Waals surface area contributed by atoms with Gasteiger partial charge in [-0.3, -0.25) is 4.79 Å². The van der Waals surface area contributed by atoms with Gasteiger partial charge in [-0.1, -0.05) is 13.0 Å². The van der Waals surface area contributed by atoms with E-state index in [1.54, 1.807) is 17.0 Å². The van der Waals surface area contributed by atoms with Gasteiger partial charge in [-0.2, -0.15) is 8.42 Å². The van der Waals surface area contributed by atoms with Crippen LogP contribution in [0.4, 0.5) is 4.39 Å². The van der Waals surface area contributed by atoms with Gasteiger partial charge in [-0.15, -0.1) is 0 Å². The summed E-state index contributed by atoms with van der Waals surface area (Å²) in [6.07, 6.45) is 0.744. The molecule has 0 radical (unpaired) electrons. The lowest BCUT2D eigenvalue weighted by Crippen LogP contribution is -2.39. The first-order valence-electron chi connectivity index (χ1n) is 9.37. The van der Waals surface area contributed by atoms with Crippen molar-refractivity contribution in [2.45, 2.75) is 37.8 Å². The molecule has 1 amide bonds. The number of ether oxygens (including phenoxy) is 2. The van der Waals surface area contributed by atoms with E-state index in [2.05, 4.69) is 0 Å². The molecule has 0 spiro atoms. The molecule has 0 aliphatic rings. The third-order valence-electron chi connectivity index (χ3n) is 4.59. The minimum atomic E-state index is -4.20. The summed E-state index contributed by atoms with van der Waals surface area (Å²) in [5.74, 6) is -0.547. The number of carbonyl (C=O) groups excluding carboxylic acids is 1. The molecule has 164 valence electrons. The zero-order valence-electron chi connectivity index (χ0n) is 17.4. The van der Waals surface area contributed by atoms with Crippen molar-refractivity contribution < 1.29 is 31.3 Å². The van der Waals surface area contributed by atoms with E-state index in [1.807, 2.05) is 13.8 Å². The lowest BCUT2D eigenvalue weighted by molar-refractivity contribution is -0.138. The third-order valence-corrected chi connectivity index (χ3v) is 5.84. The van der Waals surface area contributed by atoms with Gasteiger partial charge in [0.2, 0.25) is 5.91 Å². The fourth-order valence-electron chi connectivity index (χ4n) is 2.77. The van der Waals surface area contributed by atoms with Crippen LogP contribution in [0.1, 0.15) is 25.8 Å². The summed E-state index contributed by atoms with van der Waals surface area (Å²) >= 11 is 0. The van der Waals surface area contributed by atoms with Gasteiger partial charge in [0.25, 0.3) is 0 Å². The molecule has 0 fully saturated rings. The summed E-state index contributed by atoms with van der Waals surface area (Å²) in [5.41, 5.74) is 0.657. The largest absolute Gasteiger partial charge is 0.493 e. The van der Waals surface area contributed by atoms with Gasteiger partial charge < -0.3 is 18.6 Å². The highest BCUT2D eigenvalue weighted by Crippen LogP contribution is 2.31. The number of amides is 1. The Morgan fingerprint density at radius 1 is 1.10 bits per heavy atom. The molecule has 1 atom stereocenters. The maximum Gasteiger partial charge on any atom is 0.339 e. The Balaban J connectivity index is 2.34. The third kappa shape index (κ3) is 5.93. The zero-order valence-corrected chi connectivity index (χ0v) is 18.2. The van der Waals surface area contributed by atoms with E-state index < -0.39 is 15.9 Å². The average molecular weight is 440 g/mol. The Morgan fingerprint density at radius 2 is 1.77 bits per heavy atom. The van der Waals surface area contributed by atoms with Crippen LogP contribution in [0.25, 0.3) is 0 Å². The molecule has 0 saturated heterocycles. The Morgan fingerprint density at radius 3 is 2.33 bits per heavy atom. The number of benzene rings is 2. The Hall–Kier alpha value is -2.65. The minimum absolute atomic E-state index is 0.0254. The van der Waals surface area contributed by atoms with Crippen molar-refractivity contribution in [2.24, 2.45) is 0 Å². The molecule has 2 aromatic rings. The van der Waals surface area contributed by atoms with Crippen LogP contribution >= 0.6 is 0 Å². The topological polar surface area (TPSA) is 82.1 Å². The van der Waals surface area contributed by atoms with Gasteiger partial charge in [0.1, 0.15) is 17.3 Å². The summed E-state index contributed by atoms with van der Waals surface area (Å²) in [6.45, 7) is 4.08. The van der Waals surface area contributed by atoms with Crippen molar-refractivity contribution >= 4 is 16.0 Å². The van der Waals surface area contributed by atoms with E-state index in [9.17, 15) is 17.6 Å². The summed E-state index contributed by atoms with van der Waals surface area (Å²) in [4.78, 5) is 13.9. The van der Waals surface area contributed by atoms with Crippen LogP contribution < -0.4 is 8.92 Å². The van der Waals surface area contributed by atoms with E-state index in [4.69, 9.17) is 13.7 Å². The van der Waals surface area contributed by atoms with Crippen molar-refractivity contribution in [1.29, 1.82) is 0 Å². The van der Waals surface area contributed by atoms with Crippen molar-refractivity contribution in [3.05, 3.63) is 53.8 Å². The molecule has 9 heteroatoms. The first kappa shape index (κ1) is 23.6. The van der Waals surface area contributed by atoms with Crippen molar-refractivity contribution in [3.63, 3.8) is 0 Å².